The Morgan fingerprint density at radius 2 is 1.75 bits per heavy atom. The van der Waals surface area contributed by atoms with Crippen LogP contribution < -0.4 is 5.84 Å². The lowest BCUT2D eigenvalue weighted by Gasteiger charge is -2.11. The van der Waals surface area contributed by atoms with Gasteiger partial charge in [-0.15, -0.1) is 0 Å². The third kappa shape index (κ3) is 1.71. The summed E-state index contributed by atoms with van der Waals surface area (Å²) >= 11 is 0. The lowest BCUT2D eigenvalue weighted by atomic mass is 10.1. The number of nitrogen functional groups attached to an aromatic ring is 1. The highest BCUT2D eigenvalue weighted by Gasteiger charge is 2.11. The molecular formula is C14H18N2. The molecule has 0 aliphatic heterocycles. The van der Waals surface area contributed by atoms with E-state index < -0.39 is 0 Å². The second kappa shape index (κ2) is 4.05. The van der Waals surface area contributed by atoms with E-state index in [9.17, 15) is 0 Å². The minimum Gasteiger partial charge on any atom is -0.339 e. The van der Waals surface area contributed by atoms with Crippen LogP contribution in [0.1, 0.15) is 31.0 Å². The highest BCUT2D eigenvalue weighted by molar-refractivity contribution is 5.65. The van der Waals surface area contributed by atoms with Crippen molar-refractivity contribution in [3.63, 3.8) is 0 Å². The van der Waals surface area contributed by atoms with Crippen LogP contribution in [-0.2, 0) is 0 Å². The number of hydrogen-bond donors (Lipinski definition) is 1. The zero-order valence-electron chi connectivity index (χ0n) is 10.1. The molecule has 0 atom stereocenters. The van der Waals surface area contributed by atoms with Gasteiger partial charge in [-0.1, -0.05) is 38.1 Å². The molecule has 0 radical (unpaired) electrons. The molecule has 1 aromatic heterocycles. The molecule has 2 nitrogen and oxygen atoms in total. The van der Waals surface area contributed by atoms with Gasteiger partial charge >= 0.3 is 0 Å². The Morgan fingerprint density at radius 3 is 2.31 bits per heavy atom. The molecule has 1 heterocycles. The van der Waals surface area contributed by atoms with E-state index in [-0.39, 0.29) is 0 Å². The Balaban J connectivity index is 2.54. The molecule has 0 saturated carbocycles. The van der Waals surface area contributed by atoms with Crippen molar-refractivity contribution in [1.29, 1.82) is 0 Å². The third-order valence-corrected chi connectivity index (χ3v) is 2.96. The van der Waals surface area contributed by atoms with Crippen molar-refractivity contribution < 1.29 is 0 Å². The van der Waals surface area contributed by atoms with Gasteiger partial charge in [0.05, 0.1) is 5.69 Å². The zero-order chi connectivity index (χ0) is 11.7. The van der Waals surface area contributed by atoms with Gasteiger partial charge in [-0.05, 0) is 30.5 Å². The van der Waals surface area contributed by atoms with E-state index in [1.165, 1.54) is 16.8 Å². The lowest BCUT2D eigenvalue weighted by Crippen LogP contribution is -2.14. The van der Waals surface area contributed by atoms with Gasteiger partial charge in [-0.2, -0.15) is 0 Å². The van der Waals surface area contributed by atoms with Crippen LogP contribution in [0.4, 0.5) is 0 Å². The monoisotopic (exact) mass is 214 g/mol. The van der Waals surface area contributed by atoms with Gasteiger partial charge in [0.2, 0.25) is 0 Å². The summed E-state index contributed by atoms with van der Waals surface area (Å²) in [7, 11) is 0. The second-order valence-electron chi connectivity index (χ2n) is 4.48. The van der Waals surface area contributed by atoms with Gasteiger partial charge in [-0.3, -0.25) is 4.68 Å². The van der Waals surface area contributed by atoms with Crippen LogP contribution in [0.2, 0.25) is 0 Å². The predicted octanol–water partition coefficient (Wildman–Crippen LogP) is 3.30. The summed E-state index contributed by atoms with van der Waals surface area (Å²) in [4.78, 5) is 0. The summed E-state index contributed by atoms with van der Waals surface area (Å²) in [6.45, 7) is 6.41. The first-order chi connectivity index (χ1) is 7.61. The van der Waals surface area contributed by atoms with E-state index in [4.69, 9.17) is 5.84 Å². The largest absolute Gasteiger partial charge is 0.339 e. The smallest absolute Gasteiger partial charge is 0.0696 e. The third-order valence-electron chi connectivity index (χ3n) is 2.96. The topological polar surface area (TPSA) is 30.9 Å². The van der Waals surface area contributed by atoms with Crippen LogP contribution in [0.5, 0.6) is 0 Å². The highest BCUT2D eigenvalue weighted by atomic mass is 15.3. The SMILES string of the molecule is Cc1ccccc1-c1ccc(C(C)C)n1N. The Hall–Kier alpha value is -1.70. The standard InChI is InChI=1S/C14H18N2/c1-10(2)13-8-9-14(16(13)15)12-7-5-4-6-11(12)3/h4-10H,15H2,1-3H3. The van der Waals surface area contributed by atoms with Crippen LogP contribution in [0, 0.1) is 6.92 Å². The van der Waals surface area contributed by atoms with Crippen molar-refractivity contribution in [3.05, 3.63) is 47.7 Å². The van der Waals surface area contributed by atoms with Gasteiger partial charge in [0.1, 0.15) is 0 Å². The molecule has 2 aromatic rings. The van der Waals surface area contributed by atoms with Gasteiger partial charge in [-0.25, -0.2) is 0 Å². The number of rotatable bonds is 2. The van der Waals surface area contributed by atoms with Crippen molar-refractivity contribution in [3.8, 4) is 11.3 Å². The summed E-state index contributed by atoms with van der Waals surface area (Å²) in [6.07, 6.45) is 0. The summed E-state index contributed by atoms with van der Waals surface area (Å²) < 4.78 is 1.80. The van der Waals surface area contributed by atoms with Gasteiger partial charge in [0.25, 0.3) is 0 Å². The molecule has 2 rings (SSSR count). The highest BCUT2D eigenvalue weighted by Crippen LogP contribution is 2.26. The van der Waals surface area contributed by atoms with E-state index in [0.29, 0.717) is 5.92 Å². The maximum atomic E-state index is 6.12. The van der Waals surface area contributed by atoms with Gasteiger partial charge in [0.15, 0.2) is 0 Å². The van der Waals surface area contributed by atoms with Gasteiger partial charge < -0.3 is 5.84 Å². The van der Waals surface area contributed by atoms with Crippen LogP contribution in [0.3, 0.4) is 0 Å². The molecule has 1 aromatic carbocycles. The average molecular weight is 214 g/mol. The van der Waals surface area contributed by atoms with Gasteiger partial charge in [0, 0.05) is 11.3 Å². The molecule has 0 aliphatic rings. The van der Waals surface area contributed by atoms with Crippen molar-refractivity contribution in [1.82, 2.24) is 4.68 Å². The summed E-state index contributed by atoms with van der Waals surface area (Å²) in [5.41, 5.74) is 4.71. The van der Waals surface area contributed by atoms with Crippen molar-refractivity contribution in [2.75, 3.05) is 5.84 Å². The molecule has 0 unspecified atom stereocenters. The fraction of sp³-hybridized carbons (Fsp3) is 0.286. The van der Waals surface area contributed by atoms with E-state index in [1.54, 1.807) is 4.68 Å². The number of nitrogens with two attached hydrogens (primary N) is 1. The molecule has 84 valence electrons. The van der Waals surface area contributed by atoms with E-state index in [0.717, 1.165) is 5.69 Å². The quantitative estimate of drug-likeness (QED) is 0.764. The van der Waals surface area contributed by atoms with Crippen LogP contribution in [0.25, 0.3) is 11.3 Å². The summed E-state index contributed by atoms with van der Waals surface area (Å²) in [5, 5.41) is 0. The Kier molecular flexibility index (Phi) is 2.73. The van der Waals surface area contributed by atoms with Crippen LogP contribution >= 0.6 is 0 Å². The van der Waals surface area contributed by atoms with E-state index >= 15 is 0 Å². The molecule has 0 saturated heterocycles. The second-order valence-corrected chi connectivity index (χ2v) is 4.48. The molecule has 2 heteroatoms. The molecule has 0 amide bonds. The molecule has 2 N–H and O–H groups in total. The predicted molar refractivity (Wildman–Crippen MR) is 68.8 cm³/mol. The lowest BCUT2D eigenvalue weighted by molar-refractivity contribution is 0.773. The molecule has 0 fully saturated rings. The molecule has 0 bridgehead atoms. The van der Waals surface area contributed by atoms with Crippen molar-refractivity contribution >= 4 is 0 Å². The molecular weight excluding hydrogens is 196 g/mol. The van der Waals surface area contributed by atoms with Crippen molar-refractivity contribution in [2.45, 2.75) is 26.7 Å². The number of hydrogen-bond acceptors (Lipinski definition) is 1. The Morgan fingerprint density at radius 1 is 1.06 bits per heavy atom. The van der Waals surface area contributed by atoms with Crippen molar-refractivity contribution in [2.24, 2.45) is 0 Å². The molecule has 0 spiro atoms. The Bertz CT molecular complexity index is 495. The van der Waals surface area contributed by atoms with Crippen LogP contribution in [0.15, 0.2) is 36.4 Å². The maximum absolute atomic E-state index is 6.12. The number of benzene rings is 1. The maximum Gasteiger partial charge on any atom is 0.0696 e. The number of aromatic nitrogens is 1. The van der Waals surface area contributed by atoms with Crippen LogP contribution in [-0.4, -0.2) is 4.68 Å². The minimum absolute atomic E-state index is 0.447. The molecule has 0 aliphatic carbocycles. The summed E-state index contributed by atoms with van der Waals surface area (Å²) in [6, 6.07) is 12.5. The number of aryl methyl sites for hydroxylation is 1. The minimum atomic E-state index is 0.447. The fourth-order valence-corrected chi connectivity index (χ4v) is 2.01. The zero-order valence-corrected chi connectivity index (χ0v) is 10.1. The molecule has 16 heavy (non-hydrogen) atoms. The first kappa shape index (κ1) is 10.8. The van der Waals surface area contributed by atoms with E-state index in [1.807, 2.05) is 12.1 Å². The average Bonchev–Trinajstić information content (AvgIpc) is 2.61. The Labute approximate surface area is 96.7 Å². The normalized spacial score (nSPS) is 11.0. The first-order valence-electron chi connectivity index (χ1n) is 5.64. The fourth-order valence-electron chi connectivity index (χ4n) is 2.01. The summed E-state index contributed by atoms with van der Waals surface area (Å²) in [5.74, 6) is 6.57. The first-order valence-corrected chi connectivity index (χ1v) is 5.64. The van der Waals surface area contributed by atoms with E-state index in [2.05, 4.69) is 45.0 Å². The number of nitrogens with zero attached hydrogens (tertiary/aromatic N) is 1.